The molecule has 1 aromatic carbocycles. The van der Waals surface area contributed by atoms with Gasteiger partial charge in [-0.3, -0.25) is 9.59 Å². The number of piperazine rings is 1. The van der Waals surface area contributed by atoms with Crippen molar-refractivity contribution in [1.29, 1.82) is 0 Å². The summed E-state index contributed by atoms with van der Waals surface area (Å²) in [4.78, 5) is 28.8. The Kier molecular flexibility index (Phi) is 5.38. The van der Waals surface area contributed by atoms with Gasteiger partial charge >= 0.3 is 0 Å². The minimum absolute atomic E-state index is 0.0260. The largest absolute Gasteiger partial charge is 0.368 e. The Morgan fingerprint density at radius 3 is 2.30 bits per heavy atom. The number of ether oxygens (including phenoxy) is 1. The number of benzene rings is 1. The van der Waals surface area contributed by atoms with E-state index < -0.39 is 0 Å². The molecule has 3 heterocycles. The summed E-state index contributed by atoms with van der Waals surface area (Å²) in [5, 5.41) is 0. The van der Waals surface area contributed by atoms with Crippen LogP contribution in [0.3, 0.4) is 0 Å². The second kappa shape index (κ2) is 7.92. The molecule has 3 aliphatic heterocycles. The topological polar surface area (TPSA) is 73.9 Å². The maximum absolute atomic E-state index is 13.1. The fraction of sp³-hybridized carbons (Fsp3) is 0.579. The molecule has 0 aromatic heterocycles. The minimum Gasteiger partial charge on any atom is -0.368 e. The highest BCUT2D eigenvalue weighted by Gasteiger charge is 2.36. The summed E-state index contributed by atoms with van der Waals surface area (Å²) >= 11 is 0. The van der Waals surface area contributed by atoms with Crippen molar-refractivity contribution in [1.82, 2.24) is 20.7 Å². The molecule has 2 amide bonds. The molecule has 0 bridgehead atoms. The van der Waals surface area contributed by atoms with E-state index >= 15 is 0 Å². The van der Waals surface area contributed by atoms with Gasteiger partial charge in [-0.05, 0) is 37.0 Å². The second-order valence-corrected chi connectivity index (χ2v) is 7.33. The first kappa shape index (κ1) is 18.3. The van der Waals surface area contributed by atoms with Crippen LogP contribution in [0.5, 0.6) is 0 Å². The third-order valence-electron chi connectivity index (χ3n) is 5.58. The number of hydrazine groups is 1. The summed E-state index contributed by atoms with van der Waals surface area (Å²) in [5.74, 6) is -0.180. The van der Waals surface area contributed by atoms with Gasteiger partial charge in [0.05, 0.1) is 0 Å². The van der Waals surface area contributed by atoms with Gasteiger partial charge in [0.25, 0.3) is 5.91 Å². The fourth-order valence-electron chi connectivity index (χ4n) is 3.98. The summed E-state index contributed by atoms with van der Waals surface area (Å²) in [6, 6.07) is 5.98. The van der Waals surface area contributed by atoms with Gasteiger partial charge in [0.1, 0.15) is 18.0 Å². The van der Waals surface area contributed by atoms with Crippen molar-refractivity contribution >= 4 is 11.8 Å². The standard InChI is InChI=1S/C19H25FN4O3/c20-14-5-3-13(4-6-14)15-12-16(22-21-15)18(25)23-7-9-24(10-8-23)19(26)17-2-1-11-27-17/h3-6,15-17,21-22H,1-2,7-12H2. The summed E-state index contributed by atoms with van der Waals surface area (Å²) in [7, 11) is 0. The molecule has 3 saturated heterocycles. The van der Waals surface area contributed by atoms with Crippen LogP contribution < -0.4 is 10.9 Å². The summed E-state index contributed by atoms with van der Waals surface area (Å²) in [5.41, 5.74) is 7.14. The number of nitrogens with one attached hydrogen (secondary N) is 2. The second-order valence-electron chi connectivity index (χ2n) is 7.33. The normalized spacial score (nSPS) is 28.6. The predicted octanol–water partition coefficient (Wildman–Crippen LogP) is 0.583. The van der Waals surface area contributed by atoms with Gasteiger partial charge in [0.2, 0.25) is 5.91 Å². The maximum atomic E-state index is 13.1. The molecule has 0 saturated carbocycles. The molecule has 146 valence electrons. The first-order valence-corrected chi connectivity index (χ1v) is 9.57. The van der Waals surface area contributed by atoms with Gasteiger partial charge in [-0.2, -0.15) is 0 Å². The Labute approximate surface area is 157 Å². The SMILES string of the molecule is O=C(C1CC(c2ccc(F)cc2)NN1)N1CCN(C(=O)C2CCCO2)CC1. The monoisotopic (exact) mass is 376 g/mol. The number of halogens is 1. The molecular formula is C19H25FN4O3. The first-order valence-electron chi connectivity index (χ1n) is 9.57. The number of hydrogen-bond donors (Lipinski definition) is 2. The van der Waals surface area contributed by atoms with Crippen LogP contribution >= 0.6 is 0 Å². The van der Waals surface area contributed by atoms with E-state index in [1.54, 1.807) is 17.0 Å². The van der Waals surface area contributed by atoms with Gasteiger partial charge in [-0.1, -0.05) is 12.1 Å². The summed E-state index contributed by atoms with van der Waals surface area (Å²) in [6.45, 7) is 2.83. The first-order chi connectivity index (χ1) is 13.1. The number of carbonyl (C=O) groups excluding carboxylic acids is 2. The van der Waals surface area contributed by atoms with Crippen LogP contribution in [0, 0.1) is 5.82 Å². The Hall–Kier alpha value is -2.03. The molecule has 3 fully saturated rings. The van der Waals surface area contributed by atoms with Crippen molar-refractivity contribution in [2.75, 3.05) is 32.8 Å². The Morgan fingerprint density at radius 1 is 1.00 bits per heavy atom. The van der Waals surface area contributed by atoms with Crippen LogP contribution in [0.1, 0.15) is 30.9 Å². The van der Waals surface area contributed by atoms with Gasteiger partial charge in [-0.25, -0.2) is 15.2 Å². The van der Waals surface area contributed by atoms with Crippen LogP contribution in [0.2, 0.25) is 0 Å². The zero-order valence-electron chi connectivity index (χ0n) is 15.2. The highest BCUT2D eigenvalue weighted by atomic mass is 19.1. The van der Waals surface area contributed by atoms with E-state index in [9.17, 15) is 14.0 Å². The number of amides is 2. The number of carbonyl (C=O) groups is 2. The van der Waals surface area contributed by atoms with Crippen molar-refractivity contribution < 1.29 is 18.7 Å². The van der Waals surface area contributed by atoms with E-state index in [-0.39, 0.29) is 35.8 Å². The van der Waals surface area contributed by atoms with Crippen molar-refractivity contribution in [3.63, 3.8) is 0 Å². The average molecular weight is 376 g/mol. The summed E-state index contributed by atoms with van der Waals surface area (Å²) < 4.78 is 18.5. The van der Waals surface area contributed by atoms with Crippen LogP contribution in [-0.4, -0.2) is 66.5 Å². The molecule has 4 rings (SSSR count). The van der Waals surface area contributed by atoms with Gasteiger partial charge in [-0.15, -0.1) is 0 Å². The molecule has 3 unspecified atom stereocenters. The maximum Gasteiger partial charge on any atom is 0.251 e. The lowest BCUT2D eigenvalue weighted by Crippen LogP contribution is -2.56. The van der Waals surface area contributed by atoms with E-state index in [1.807, 2.05) is 4.90 Å². The van der Waals surface area contributed by atoms with E-state index in [1.165, 1.54) is 12.1 Å². The minimum atomic E-state index is -0.319. The molecule has 7 nitrogen and oxygen atoms in total. The highest BCUT2D eigenvalue weighted by molar-refractivity contribution is 5.84. The molecule has 0 aliphatic carbocycles. The zero-order valence-corrected chi connectivity index (χ0v) is 15.2. The van der Waals surface area contributed by atoms with Gasteiger partial charge in [0, 0.05) is 38.8 Å². The Bertz CT molecular complexity index is 685. The average Bonchev–Trinajstić information content (AvgIpc) is 3.40. The van der Waals surface area contributed by atoms with E-state index in [2.05, 4.69) is 10.9 Å². The van der Waals surface area contributed by atoms with Crippen LogP contribution in [-0.2, 0) is 14.3 Å². The smallest absolute Gasteiger partial charge is 0.251 e. The number of hydrogen-bond acceptors (Lipinski definition) is 5. The van der Waals surface area contributed by atoms with Crippen LogP contribution in [0.15, 0.2) is 24.3 Å². The third-order valence-corrected chi connectivity index (χ3v) is 5.58. The molecule has 0 spiro atoms. The third kappa shape index (κ3) is 3.97. The van der Waals surface area contributed by atoms with Crippen molar-refractivity contribution in [3.05, 3.63) is 35.6 Å². The van der Waals surface area contributed by atoms with E-state index in [0.717, 1.165) is 18.4 Å². The molecule has 3 atom stereocenters. The molecule has 3 aliphatic rings. The molecule has 2 N–H and O–H groups in total. The molecular weight excluding hydrogens is 351 g/mol. The lowest BCUT2D eigenvalue weighted by Gasteiger charge is -2.36. The summed E-state index contributed by atoms with van der Waals surface area (Å²) in [6.07, 6.45) is 2.04. The van der Waals surface area contributed by atoms with Gasteiger partial charge < -0.3 is 14.5 Å². The number of rotatable bonds is 3. The van der Waals surface area contributed by atoms with Crippen molar-refractivity contribution in [3.8, 4) is 0 Å². The fourth-order valence-corrected chi connectivity index (χ4v) is 3.98. The molecule has 27 heavy (non-hydrogen) atoms. The van der Waals surface area contributed by atoms with Crippen LogP contribution in [0.4, 0.5) is 4.39 Å². The molecule has 0 radical (unpaired) electrons. The number of nitrogens with zero attached hydrogens (tertiary/aromatic N) is 2. The van der Waals surface area contributed by atoms with Crippen molar-refractivity contribution in [2.45, 2.75) is 37.5 Å². The van der Waals surface area contributed by atoms with E-state index in [0.29, 0.717) is 39.2 Å². The molecule has 8 heteroatoms. The van der Waals surface area contributed by atoms with E-state index in [4.69, 9.17) is 4.74 Å². The Morgan fingerprint density at radius 2 is 1.67 bits per heavy atom. The Balaban J connectivity index is 1.28. The quantitative estimate of drug-likeness (QED) is 0.808. The predicted molar refractivity (Wildman–Crippen MR) is 96.0 cm³/mol. The van der Waals surface area contributed by atoms with Gasteiger partial charge in [0.15, 0.2) is 0 Å². The van der Waals surface area contributed by atoms with Crippen LogP contribution in [0.25, 0.3) is 0 Å². The molecule has 1 aromatic rings. The zero-order chi connectivity index (χ0) is 18.8. The lowest BCUT2D eigenvalue weighted by atomic mass is 10.0. The lowest BCUT2D eigenvalue weighted by molar-refractivity contribution is -0.146. The van der Waals surface area contributed by atoms with Crippen molar-refractivity contribution in [2.24, 2.45) is 0 Å². The highest BCUT2D eigenvalue weighted by Crippen LogP contribution is 2.24.